The molecule has 0 aliphatic carbocycles. The zero-order valence-electron chi connectivity index (χ0n) is 15.2. The molecule has 0 aliphatic rings. The molecule has 3 heterocycles. The molecule has 0 aliphatic heterocycles. The molecule has 0 fully saturated rings. The van der Waals surface area contributed by atoms with Crippen molar-refractivity contribution in [2.45, 2.75) is 6.18 Å². The largest absolute Gasteiger partial charge is 0.432 e. The quantitative estimate of drug-likeness (QED) is 0.270. The second kappa shape index (κ2) is 9.73. The molecule has 1 aromatic carbocycles. The van der Waals surface area contributed by atoms with E-state index in [4.69, 9.17) is 0 Å². The Balaban J connectivity index is 0.000000207. The maximum Gasteiger partial charge on any atom is 0.432 e. The van der Waals surface area contributed by atoms with Crippen LogP contribution in [-0.2, 0) is 33.3 Å². The summed E-state index contributed by atoms with van der Waals surface area (Å²) in [5.41, 5.74) is -0.0627. The summed E-state index contributed by atoms with van der Waals surface area (Å²) < 4.78 is 64.1. The second-order valence-corrected chi connectivity index (χ2v) is 5.78. The Morgan fingerprint density at radius 1 is 1.03 bits per heavy atom. The van der Waals surface area contributed by atoms with E-state index in [1.54, 1.807) is 42.2 Å². The first-order valence-corrected chi connectivity index (χ1v) is 8.14. The standard InChI is InChI=1S/C11H6F2N.C8H7F3N4.Ir/c12-8-4-5-9(10(13)7-8)11-3-1-2-6-14-11;1-15-3-2-12-7(15)5-4-6(14-13-5)8(9,10)11;/h1-4,6-7H;2-4H,1H3,(H,13,14);/q-1;;. The number of aryl methyl sites for hydroxylation is 1. The number of nitrogens with zero attached hydrogens (tertiary/aromatic N) is 4. The summed E-state index contributed by atoms with van der Waals surface area (Å²) in [5, 5.41) is 5.49. The Bertz CT molecular complexity index is 1090. The van der Waals surface area contributed by atoms with E-state index in [1.807, 2.05) is 5.10 Å². The molecule has 1 N–H and O–H groups in total. The monoisotopic (exact) mass is 599 g/mol. The van der Waals surface area contributed by atoms with Crippen molar-refractivity contribution in [2.24, 2.45) is 7.05 Å². The van der Waals surface area contributed by atoms with E-state index in [0.717, 1.165) is 18.2 Å². The molecule has 0 atom stereocenters. The number of hydrogen-bond acceptors (Lipinski definition) is 3. The number of halogens is 5. The zero-order chi connectivity index (χ0) is 21.0. The summed E-state index contributed by atoms with van der Waals surface area (Å²) in [4.78, 5) is 7.84. The molecule has 4 aromatic rings. The van der Waals surface area contributed by atoms with E-state index in [0.29, 0.717) is 11.5 Å². The van der Waals surface area contributed by atoms with Crippen LogP contribution in [0.1, 0.15) is 5.69 Å². The van der Waals surface area contributed by atoms with Crippen molar-refractivity contribution in [3.8, 4) is 22.8 Å². The number of aromatic amines is 1. The van der Waals surface area contributed by atoms with Gasteiger partial charge >= 0.3 is 6.18 Å². The maximum absolute atomic E-state index is 13.2. The van der Waals surface area contributed by atoms with Gasteiger partial charge in [0, 0.05) is 57.4 Å². The Kier molecular flexibility index (Phi) is 7.58. The first-order valence-electron chi connectivity index (χ1n) is 8.14. The molecule has 5 nitrogen and oxygen atoms in total. The van der Waals surface area contributed by atoms with E-state index < -0.39 is 23.5 Å². The van der Waals surface area contributed by atoms with Gasteiger partial charge in [0.15, 0.2) is 5.82 Å². The van der Waals surface area contributed by atoms with E-state index in [1.165, 1.54) is 6.20 Å². The van der Waals surface area contributed by atoms with Crippen LogP contribution >= 0.6 is 0 Å². The van der Waals surface area contributed by atoms with Gasteiger partial charge in [-0.1, -0.05) is 23.8 Å². The number of hydrogen-bond donors (Lipinski definition) is 1. The van der Waals surface area contributed by atoms with Crippen molar-refractivity contribution < 1.29 is 42.1 Å². The molecule has 0 unspecified atom stereocenters. The number of alkyl halides is 3. The van der Waals surface area contributed by atoms with Gasteiger partial charge in [-0.15, -0.1) is 12.1 Å². The first kappa shape index (κ1) is 23.4. The van der Waals surface area contributed by atoms with E-state index in [9.17, 15) is 22.0 Å². The number of aromatic nitrogens is 5. The molecule has 0 saturated heterocycles. The van der Waals surface area contributed by atoms with Crippen LogP contribution in [0, 0.1) is 17.7 Å². The number of imidazole rings is 1. The molecular formula is C19H13F5IrN5-. The van der Waals surface area contributed by atoms with Gasteiger partial charge in [-0.2, -0.15) is 18.3 Å². The molecule has 1 radical (unpaired) electrons. The molecule has 0 spiro atoms. The van der Waals surface area contributed by atoms with Crippen LogP contribution in [0.4, 0.5) is 22.0 Å². The molecule has 30 heavy (non-hydrogen) atoms. The fourth-order valence-electron chi connectivity index (χ4n) is 2.35. The Morgan fingerprint density at radius 3 is 2.33 bits per heavy atom. The fourth-order valence-corrected chi connectivity index (χ4v) is 2.35. The minimum absolute atomic E-state index is 0. The molecule has 159 valence electrons. The second-order valence-electron chi connectivity index (χ2n) is 5.78. The molecule has 0 saturated carbocycles. The molecule has 0 bridgehead atoms. The first-order chi connectivity index (χ1) is 13.8. The van der Waals surface area contributed by atoms with E-state index >= 15 is 0 Å². The average Bonchev–Trinajstić information content (AvgIpc) is 3.31. The van der Waals surface area contributed by atoms with E-state index in [-0.39, 0.29) is 31.4 Å². The third-order valence-corrected chi connectivity index (χ3v) is 3.71. The van der Waals surface area contributed by atoms with Crippen molar-refractivity contribution in [1.29, 1.82) is 0 Å². The molecule has 11 heteroatoms. The molecule has 3 aromatic heterocycles. The SMILES string of the molecule is Cn1ccnc1-c1cc(C(F)(F)F)[nH]n1.Fc1c[c-]c(-c2ccccn2)c(F)c1.[Ir]. The van der Waals surface area contributed by atoms with E-state index in [2.05, 4.69) is 21.1 Å². The third kappa shape index (κ3) is 5.58. The summed E-state index contributed by atoms with van der Waals surface area (Å²) in [6, 6.07) is 10.5. The van der Waals surface area contributed by atoms with Crippen LogP contribution in [-0.4, -0.2) is 24.7 Å². The van der Waals surface area contributed by atoms with Gasteiger partial charge in [0.25, 0.3) is 0 Å². The Morgan fingerprint density at radius 2 is 1.80 bits per heavy atom. The summed E-state index contributed by atoms with van der Waals surface area (Å²) in [7, 11) is 1.68. The predicted octanol–water partition coefficient (Wildman–Crippen LogP) is 4.65. The van der Waals surface area contributed by atoms with Crippen LogP contribution in [0.2, 0.25) is 0 Å². The van der Waals surface area contributed by atoms with Gasteiger partial charge in [-0.05, 0) is 17.8 Å². The van der Waals surface area contributed by atoms with Crippen LogP contribution in [0.25, 0.3) is 22.8 Å². The van der Waals surface area contributed by atoms with Crippen LogP contribution in [0.5, 0.6) is 0 Å². The van der Waals surface area contributed by atoms with Crippen molar-refractivity contribution in [3.63, 3.8) is 0 Å². The zero-order valence-corrected chi connectivity index (χ0v) is 17.6. The smallest absolute Gasteiger partial charge is 0.333 e. The topological polar surface area (TPSA) is 59.4 Å². The van der Waals surface area contributed by atoms with Gasteiger partial charge in [0.1, 0.15) is 11.4 Å². The fraction of sp³-hybridized carbons (Fsp3) is 0.105. The number of pyridine rings is 1. The van der Waals surface area contributed by atoms with Gasteiger partial charge in [0.05, 0.1) is 0 Å². The molecular weight excluding hydrogens is 585 g/mol. The summed E-state index contributed by atoms with van der Waals surface area (Å²) in [5.74, 6) is -0.896. The Hall–Kier alpha value is -2.91. The number of benzene rings is 1. The van der Waals surface area contributed by atoms with Crippen molar-refractivity contribution in [2.75, 3.05) is 0 Å². The number of H-pyrrole nitrogens is 1. The average molecular weight is 599 g/mol. The molecule has 4 rings (SSSR count). The summed E-state index contributed by atoms with van der Waals surface area (Å²) in [6.07, 6.45) is 0.275. The summed E-state index contributed by atoms with van der Waals surface area (Å²) in [6.45, 7) is 0. The van der Waals surface area contributed by atoms with Crippen molar-refractivity contribution in [1.82, 2.24) is 24.7 Å². The van der Waals surface area contributed by atoms with Gasteiger partial charge in [-0.3, -0.25) is 13.9 Å². The summed E-state index contributed by atoms with van der Waals surface area (Å²) >= 11 is 0. The number of nitrogens with one attached hydrogen (secondary N) is 1. The van der Waals surface area contributed by atoms with Crippen LogP contribution < -0.4 is 0 Å². The van der Waals surface area contributed by atoms with Gasteiger partial charge < -0.3 is 9.55 Å². The van der Waals surface area contributed by atoms with Crippen LogP contribution in [0.15, 0.2) is 55.0 Å². The predicted molar refractivity (Wildman–Crippen MR) is 94.2 cm³/mol. The minimum atomic E-state index is -4.41. The maximum atomic E-state index is 13.2. The molecule has 0 amide bonds. The van der Waals surface area contributed by atoms with Crippen molar-refractivity contribution >= 4 is 0 Å². The van der Waals surface area contributed by atoms with Crippen molar-refractivity contribution in [3.05, 3.63) is 78.4 Å². The normalized spacial score (nSPS) is 10.7. The van der Waals surface area contributed by atoms with Gasteiger partial charge in [0.2, 0.25) is 0 Å². The third-order valence-electron chi connectivity index (χ3n) is 3.71. The minimum Gasteiger partial charge on any atom is -0.333 e. The van der Waals surface area contributed by atoms with Gasteiger partial charge in [-0.25, -0.2) is 4.98 Å². The Labute approximate surface area is 181 Å². The number of rotatable bonds is 2. The van der Waals surface area contributed by atoms with Crippen LogP contribution in [0.3, 0.4) is 0 Å².